The van der Waals surface area contributed by atoms with Crippen LogP contribution < -0.4 is 4.84 Å². The summed E-state index contributed by atoms with van der Waals surface area (Å²) in [6, 6.07) is 0. The molecule has 0 radical (unpaired) electrons. The molecule has 0 rings (SSSR count). The number of rotatable bonds is 4. The van der Waals surface area contributed by atoms with Gasteiger partial charge >= 0.3 is 5.97 Å². The number of halogens is 1. The van der Waals surface area contributed by atoms with Gasteiger partial charge in [0.25, 0.3) is 0 Å². The summed E-state index contributed by atoms with van der Waals surface area (Å²) in [5.41, 5.74) is 0. The van der Waals surface area contributed by atoms with Crippen molar-refractivity contribution in [1.82, 2.24) is 4.84 Å². The van der Waals surface area contributed by atoms with E-state index in [2.05, 4.69) is 9.57 Å². The molecule has 0 aromatic carbocycles. The van der Waals surface area contributed by atoms with Gasteiger partial charge in [0.2, 0.25) is 0 Å². The van der Waals surface area contributed by atoms with E-state index in [1.165, 1.54) is 7.11 Å². The number of aliphatic hydroxyl groups excluding tert-OH is 1. The molecule has 2 N–H and O–H groups in total. The van der Waals surface area contributed by atoms with E-state index in [4.69, 9.17) is 16.9 Å². The molecule has 4 nitrogen and oxygen atoms in total. The van der Waals surface area contributed by atoms with Gasteiger partial charge in [-0.15, -0.1) is 0 Å². The zero-order valence-corrected chi connectivity index (χ0v) is 6.39. The van der Waals surface area contributed by atoms with Gasteiger partial charge < -0.3 is 9.84 Å². The highest BCUT2D eigenvalue weighted by atomic mass is 35.5. The van der Waals surface area contributed by atoms with E-state index in [1.54, 1.807) is 0 Å². The number of nitrogens with one attached hydrogen (secondary N) is 1. The van der Waals surface area contributed by atoms with Crippen molar-refractivity contribution in [2.45, 2.75) is 12.5 Å². The second-order valence-electron chi connectivity index (χ2n) is 1.77. The fraction of sp³-hybridized carbons (Fsp3) is 0.800. The Bertz CT molecular complexity index is 109. The first-order valence-corrected chi connectivity index (χ1v) is 3.17. The minimum Gasteiger partial charge on any atom is -0.469 e. The van der Waals surface area contributed by atoms with E-state index in [0.717, 1.165) is 0 Å². The highest BCUT2D eigenvalue weighted by Crippen LogP contribution is 1.91. The Morgan fingerprint density at radius 3 is 2.90 bits per heavy atom. The summed E-state index contributed by atoms with van der Waals surface area (Å²) < 4.78 is 4.30. The van der Waals surface area contributed by atoms with Gasteiger partial charge in [0, 0.05) is 6.54 Å². The fourth-order valence-corrected chi connectivity index (χ4v) is 0.615. The quantitative estimate of drug-likeness (QED) is 0.444. The lowest BCUT2D eigenvalue weighted by molar-refractivity contribution is -0.142. The standard InChI is InChI=1S/C5H10ClNO3/c1-10-5(9)2-4(8)3-7-6/h4,7-8H,2-3H2,1H3/t4-/m0/s1. The molecule has 0 saturated carbocycles. The summed E-state index contributed by atoms with van der Waals surface area (Å²) in [6.45, 7) is 0.177. The molecule has 0 aliphatic carbocycles. The van der Waals surface area contributed by atoms with Gasteiger partial charge in [-0.2, -0.15) is 0 Å². The number of methoxy groups -OCH3 is 1. The summed E-state index contributed by atoms with van der Waals surface area (Å²) in [5.74, 6) is -0.445. The van der Waals surface area contributed by atoms with Crippen molar-refractivity contribution >= 4 is 17.7 Å². The minimum absolute atomic E-state index is 0.0315. The Balaban J connectivity index is 3.37. The molecule has 0 amide bonds. The van der Waals surface area contributed by atoms with Crippen LogP contribution in [0.1, 0.15) is 6.42 Å². The fourth-order valence-electron chi connectivity index (χ4n) is 0.437. The van der Waals surface area contributed by atoms with Gasteiger partial charge in [0.05, 0.1) is 19.6 Å². The highest BCUT2D eigenvalue weighted by molar-refractivity contribution is 6.13. The second kappa shape index (κ2) is 5.46. The molecule has 0 aliphatic rings. The molecule has 5 heteroatoms. The van der Waals surface area contributed by atoms with Gasteiger partial charge in [-0.25, -0.2) is 4.84 Å². The molecule has 0 aromatic rings. The molecule has 0 spiro atoms. The van der Waals surface area contributed by atoms with Gasteiger partial charge in [0.15, 0.2) is 0 Å². The van der Waals surface area contributed by atoms with Crippen molar-refractivity contribution in [3.05, 3.63) is 0 Å². The Labute approximate surface area is 64.2 Å². The molecule has 1 atom stereocenters. The van der Waals surface area contributed by atoms with E-state index in [1.807, 2.05) is 0 Å². The zero-order valence-electron chi connectivity index (χ0n) is 5.63. The van der Waals surface area contributed by atoms with Crippen molar-refractivity contribution in [1.29, 1.82) is 0 Å². The van der Waals surface area contributed by atoms with Crippen LogP contribution in [0.3, 0.4) is 0 Å². The highest BCUT2D eigenvalue weighted by Gasteiger charge is 2.09. The van der Waals surface area contributed by atoms with Crippen LogP contribution in [0.4, 0.5) is 0 Å². The van der Waals surface area contributed by atoms with Crippen LogP contribution in [-0.4, -0.2) is 30.8 Å². The average molecular weight is 168 g/mol. The number of hydrogen-bond acceptors (Lipinski definition) is 4. The van der Waals surface area contributed by atoms with Crippen LogP contribution in [0, 0.1) is 0 Å². The smallest absolute Gasteiger partial charge is 0.308 e. The first kappa shape index (κ1) is 9.68. The monoisotopic (exact) mass is 167 g/mol. The number of ether oxygens (including phenoxy) is 1. The van der Waals surface area contributed by atoms with Crippen molar-refractivity contribution in [3.63, 3.8) is 0 Å². The number of hydrogen-bond donors (Lipinski definition) is 2. The van der Waals surface area contributed by atoms with Gasteiger partial charge in [-0.3, -0.25) is 4.79 Å². The number of carbonyl (C=O) groups is 1. The molecule has 0 aliphatic heterocycles. The Hall–Kier alpha value is -0.320. The van der Waals surface area contributed by atoms with Crippen LogP contribution in [0.5, 0.6) is 0 Å². The maximum absolute atomic E-state index is 10.4. The summed E-state index contributed by atoms with van der Waals surface area (Å²) in [7, 11) is 1.27. The lowest BCUT2D eigenvalue weighted by Crippen LogP contribution is -2.23. The third-order valence-electron chi connectivity index (χ3n) is 0.943. The maximum atomic E-state index is 10.4. The Kier molecular flexibility index (Phi) is 5.29. The number of carbonyl (C=O) groups excluding carboxylic acids is 1. The predicted octanol–water partition coefficient (Wildman–Crippen LogP) is -0.346. The first-order valence-electron chi connectivity index (χ1n) is 2.79. The summed E-state index contributed by atoms with van der Waals surface area (Å²) in [5, 5.41) is 8.90. The Morgan fingerprint density at radius 1 is 1.90 bits per heavy atom. The molecule has 0 bridgehead atoms. The minimum atomic E-state index is -0.773. The van der Waals surface area contributed by atoms with Crippen LogP contribution in [0.25, 0.3) is 0 Å². The molecular formula is C5H10ClNO3. The van der Waals surface area contributed by atoms with Crippen LogP contribution in [0.15, 0.2) is 0 Å². The molecule has 0 saturated heterocycles. The van der Waals surface area contributed by atoms with Crippen LogP contribution in [0.2, 0.25) is 0 Å². The topological polar surface area (TPSA) is 58.6 Å². The molecule has 60 valence electrons. The van der Waals surface area contributed by atoms with E-state index in [0.29, 0.717) is 0 Å². The van der Waals surface area contributed by atoms with Crippen molar-refractivity contribution in [3.8, 4) is 0 Å². The second-order valence-corrected chi connectivity index (χ2v) is 2.04. The molecule has 0 fully saturated rings. The Morgan fingerprint density at radius 2 is 2.50 bits per heavy atom. The number of esters is 1. The van der Waals surface area contributed by atoms with Gasteiger partial charge in [-0.05, 0) is 11.8 Å². The van der Waals surface area contributed by atoms with Crippen LogP contribution >= 0.6 is 11.8 Å². The normalized spacial score (nSPS) is 12.7. The third-order valence-corrected chi connectivity index (χ3v) is 1.10. The molecule has 10 heavy (non-hydrogen) atoms. The summed E-state index contributed by atoms with van der Waals surface area (Å²) in [4.78, 5) is 12.7. The summed E-state index contributed by atoms with van der Waals surface area (Å²) >= 11 is 5.06. The zero-order chi connectivity index (χ0) is 7.98. The lowest BCUT2D eigenvalue weighted by Gasteiger charge is -2.05. The van der Waals surface area contributed by atoms with E-state index < -0.39 is 12.1 Å². The van der Waals surface area contributed by atoms with Crippen molar-refractivity contribution in [2.24, 2.45) is 0 Å². The van der Waals surface area contributed by atoms with Gasteiger partial charge in [0.1, 0.15) is 0 Å². The predicted molar refractivity (Wildman–Crippen MR) is 36.5 cm³/mol. The summed E-state index contributed by atoms with van der Waals surface area (Å²) in [6.07, 6.45) is -0.805. The molecular weight excluding hydrogens is 158 g/mol. The maximum Gasteiger partial charge on any atom is 0.308 e. The number of aliphatic hydroxyl groups is 1. The molecule has 0 unspecified atom stereocenters. The molecule has 0 aromatic heterocycles. The van der Waals surface area contributed by atoms with E-state index >= 15 is 0 Å². The average Bonchev–Trinajstić information content (AvgIpc) is 1.88. The first-order chi connectivity index (χ1) is 4.70. The van der Waals surface area contributed by atoms with Crippen molar-refractivity contribution < 1.29 is 14.6 Å². The molecule has 0 heterocycles. The lowest BCUT2D eigenvalue weighted by atomic mass is 10.2. The SMILES string of the molecule is COC(=O)C[C@H](O)CNCl. The largest absolute Gasteiger partial charge is 0.469 e. The van der Waals surface area contributed by atoms with Crippen molar-refractivity contribution in [2.75, 3.05) is 13.7 Å². The van der Waals surface area contributed by atoms with E-state index in [9.17, 15) is 4.79 Å². The van der Waals surface area contributed by atoms with Crippen LogP contribution in [-0.2, 0) is 9.53 Å². The van der Waals surface area contributed by atoms with Gasteiger partial charge in [-0.1, -0.05) is 0 Å². The third kappa shape index (κ3) is 4.55. The van der Waals surface area contributed by atoms with E-state index in [-0.39, 0.29) is 13.0 Å².